The van der Waals surface area contributed by atoms with Crippen LogP contribution in [0.25, 0.3) is 0 Å². The molecule has 2 rings (SSSR count). The monoisotopic (exact) mass is 331 g/mol. The molecule has 1 aromatic carbocycles. The van der Waals surface area contributed by atoms with Crippen molar-refractivity contribution in [1.29, 1.82) is 0 Å². The van der Waals surface area contributed by atoms with Gasteiger partial charge in [-0.05, 0) is 35.9 Å². The van der Waals surface area contributed by atoms with E-state index < -0.39 is 0 Å². The van der Waals surface area contributed by atoms with Crippen molar-refractivity contribution in [1.82, 2.24) is 10.6 Å². The van der Waals surface area contributed by atoms with Crippen LogP contribution >= 0.6 is 11.3 Å². The lowest BCUT2D eigenvalue weighted by Crippen LogP contribution is -2.38. The van der Waals surface area contributed by atoms with Gasteiger partial charge >= 0.3 is 0 Å². The van der Waals surface area contributed by atoms with Crippen LogP contribution in [0.15, 0.2) is 46.8 Å². The first kappa shape index (κ1) is 17.5. The molecule has 2 aromatic rings. The molecule has 23 heavy (non-hydrogen) atoms. The Morgan fingerprint density at radius 1 is 1.13 bits per heavy atom. The van der Waals surface area contributed by atoms with Crippen LogP contribution in [0.5, 0.6) is 0 Å². The normalized spacial score (nSPS) is 11.5. The van der Waals surface area contributed by atoms with Crippen molar-refractivity contribution in [3.8, 4) is 0 Å². The smallest absolute Gasteiger partial charge is 0.191 e. The Kier molecular flexibility index (Phi) is 7.63. The molecule has 0 fully saturated rings. The van der Waals surface area contributed by atoms with Gasteiger partial charge in [-0.2, -0.15) is 0 Å². The number of benzene rings is 1. The minimum absolute atomic E-state index is 0.649. The van der Waals surface area contributed by atoms with Gasteiger partial charge in [0.25, 0.3) is 0 Å². The predicted octanol–water partition coefficient (Wildman–Crippen LogP) is 3.19. The molecular formula is C18H25N3OS. The summed E-state index contributed by atoms with van der Waals surface area (Å²) in [6, 6.07) is 12.6. The number of nitrogens with one attached hydrogen (secondary N) is 2. The molecule has 0 saturated carbocycles. The molecule has 0 radical (unpaired) electrons. The fourth-order valence-corrected chi connectivity index (χ4v) is 2.89. The summed E-state index contributed by atoms with van der Waals surface area (Å²) in [6.45, 7) is 5.14. The van der Waals surface area contributed by atoms with E-state index in [0.29, 0.717) is 13.2 Å². The highest BCUT2D eigenvalue weighted by Crippen LogP contribution is 2.08. The number of guanidine groups is 1. The van der Waals surface area contributed by atoms with Gasteiger partial charge in [0.2, 0.25) is 0 Å². The predicted molar refractivity (Wildman–Crippen MR) is 98.0 cm³/mol. The van der Waals surface area contributed by atoms with E-state index in [2.05, 4.69) is 64.3 Å². The second-order valence-corrected chi connectivity index (χ2v) is 6.23. The maximum atomic E-state index is 5.13. The molecule has 1 heterocycles. The maximum Gasteiger partial charge on any atom is 0.191 e. The molecule has 0 unspecified atom stereocenters. The molecule has 124 valence electrons. The Labute approximate surface area is 142 Å². The summed E-state index contributed by atoms with van der Waals surface area (Å²) < 4.78 is 5.13. The summed E-state index contributed by atoms with van der Waals surface area (Å²) in [5.41, 5.74) is 2.38. The Morgan fingerprint density at radius 3 is 2.57 bits per heavy atom. The molecule has 0 aliphatic heterocycles. The average molecular weight is 331 g/mol. The van der Waals surface area contributed by atoms with E-state index in [9.17, 15) is 0 Å². The van der Waals surface area contributed by atoms with Crippen LogP contribution in [0.3, 0.4) is 0 Å². The highest BCUT2D eigenvalue weighted by molar-refractivity contribution is 7.09. The Morgan fingerprint density at radius 2 is 1.91 bits per heavy atom. The largest absolute Gasteiger partial charge is 0.380 e. The van der Waals surface area contributed by atoms with Crippen LogP contribution in [0.1, 0.15) is 22.9 Å². The number of thiophene rings is 1. The zero-order valence-corrected chi connectivity index (χ0v) is 14.7. The second kappa shape index (κ2) is 10.0. The van der Waals surface area contributed by atoms with Crippen molar-refractivity contribution in [2.24, 2.45) is 4.99 Å². The van der Waals surface area contributed by atoms with E-state index in [1.54, 1.807) is 18.4 Å². The SMILES string of the molecule is CCNC(=NCc1ccc(COC)cc1)NCCc1cccs1. The van der Waals surface area contributed by atoms with Crippen LogP contribution in [-0.2, 0) is 24.3 Å². The Bertz CT molecular complexity index is 579. The van der Waals surface area contributed by atoms with E-state index in [-0.39, 0.29) is 0 Å². The van der Waals surface area contributed by atoms with E-state index in [1.807, 2.05) is 0 Å². The van der Waals surface area contributed by atoms with Crippen molar-refractivity contribution in [2.45, 2.75) is 26.5 Å². The fourth-order valence-electron chi connectivity index (χ4n) is 2.18. The van der Waals surface area contributed by atoms with Crippen molar-refractivity contribution < 1.29 is 4.74 Å². The standard InChI is InChI=1S/C18H25N3OS/c1-3-19-18(20-11-10-17-5-4-12-23-17)21-13-15-6-8-16(9-7-15)14-22-2/h4-9,12H,3,10-11,13-14H2,1-2H3,(H2,19,20,21). The van der Waals surface area contributed by atoms with Crippen molar-refractivity contribution in [2.75, 3.05) is 20.2 Å². The molecule has 2 N–H and O–H groups in total. The quantitative estimate of drug-likeness (QED) is 0.577. The van der Waals surface area contributed by atoms with Crippen LogP contribution in [-0.4, -0.2) is 26.2 Å². The van der Waals surface area contributed by atoms with Gasteiger partial charge in [-0.15, -0.1) is 11.3 Å². The molecule has 5 heteroatoms. The molecule has 0 spiro atoms. The van der Waals surface area contributed by atoms with Crippen molar-refractivity contribution >= 4 is 17.3 Å². The zero-order valence-electron chi connectivity index (χ0n) is 13.8. The minimum Gasteiger partial charge on any atom is -0.380 e. The lowest BCUT2D eigenvalue weighted by atomic mass is 10.1. The van der Waals surface area contributed by atoms with Gasteiger partial charge in [0.1, 0.15) is 0 Å². The number of rotatable bonds is 8. The zero-order chi connectivity index (χ0) is 16.3. The highest BCUT2D eigenvalue weighted by Gasteiger charge is 1.99. The first-order valence-corrected chi connectivity index (χ1v) is 8.81. The van der Waals surface area contributed by atoms with Crippen LogP contribution in [0.4, 0.5) is 0 Å². The summed E-state index contributed by atoms with van der Waals surface area (Å²) in [7, 11) is 1.71. The third kappa shape index (κ3) is 6.42. The van der Waals surface area contributed by atoms with Gasteiger partial charge in [-0.25, -0.2) is 4.99 Å². The lowest BCUT2D eigenvalue weighted by molar-refractivity contribution is 0.185. The Balaban J connectivity index is 1.84. The highest BCUT2D eigenvalue weighted by atomic mass is 32.1. The number of ether oxygens (including phenoxy) is 1. The molecule has 0 saturated heterocycles. The number of methoxy groups -OCH3 is 1. The molecule has 4 nitrogen and oxygen atoms in total. The van der Waals surface area contributed by atoms with Gasteiger partial charge in [-0.3, -0.25) is 0 Å². The van der Waals surface area contributed by atoms with Gasteiger partial charge in [0.15, 0.2) is 5.96 Å². The summed E-state index contributed by atoms with van der Waals surface area (Å²) in [5.74, 6) is 0.866. The number of nitrogens with zero attached hydrogens (tertiary/aromatic N) is 1. The number of aliphatic imine (C=N–C) groups is 1. The first-order valence-electron chi connectivity index (χ1n) is 7.93. The lowest BCUT2D eigenvalue weighted by Gasteiger charge is -2.11. The topological polar surface area (TPSA) is 45.7 Å². The van der Waals surface area contributed by atoms with E-state index >= 15 is 0 Å². The molecule has 0 aliphatic rings. The number of hydrogen-bond acceptors (Lipinski definition) is 3. The van der Waals surface area contributed by atoms with Gasteiger partial charge in [0.05, 0.1) is 13.2 Å². The van der Waals surface area contributed by atoms with Gasteiger partial charge in [-0.1, -0.05) is 30.3 Å². The van der Waals surface area contributed by atoms with Gasteiger partial charge in [0, 0.05) is 25.1 Å². The maximum absolute atomic E-state index is 5.13. The number of hydrogen-bond donors (Lipinski definition) is 2. The van der Waals surface area contributed by atoms with E-state index in [4.69, 9.17) is 4.74 Å². The molecular weight excluding hydrogens is 306 g/mol. The van der Waals surface area contributed by atoms with Crippen LogP contribution in [0, 0.1) is 0 Å². The molecule has 0 aliphatic carbocycles. The van der Waals surface area contributed by atoms with Crippen LogP contribution in [0.2, 0.25) is 0 Å². The molecule has 0 amide bonds. The summed E-state index contributed by atoms with van der Waals surface area (Å²) in [6.07, 6.45) is 1.02. The first-order chi connectivity index (χ1) is 11.3. The summed E-state index contributed by atoms with van der Waals surface area (Å²) in [4.78, 5) is 6.04. The minimum atomic E-state index is 0.649. The molecule has 1 aromatic heterocycles. The van der Waals surface area contributed by atoms with Gasteiger partial charge < -0.3 is 15.4 Å². The molecule has 0 atom stereocenters. The van der Waals surface area contributed by atoms with Crippen molar-refractivity contribution in [3.63, 3.8) is 0 Å². The fraction of sp³-hybridized carbons (Fsp3) is 0.389. The van der Waals surface area contributed by atoms with Crippen LogP contribution < -0.4 is 10.6 Å². The average Bonchev–Trinajstić information content (AvgIpc) is 3.07. The summed E-state index contributed by atoms with van der Waals surface area (Å²) >= 11 is 1.79. The third-order valence-corrected chi connectivity index (χ3v) is 4.28. The van der Waals surface area contributed by atoms with E-state index in [1.165, 1.54) is 16.0 Å². The van der Waals surface area contributed by atoms with E-state index in [0.717, 1.165) is 25.5 Å². The second-order valence-electron chi connectivity index (χ2n) is 5.20. The molecule has 0 bridgehead atoms. The Hall–Kier alpha value is -1.85. The van der Waals surface area contributed by atoms with Crippen molar-refractivity contribution in [3.05, 3.63) is 57.8 Å². The summed E-state index contributed by atoms with van der Waals surface area (Å²) in [5, 5.41) is 8.79. The third-order valence-electron chi connectivity index (χ3n) is 3.34.